The van der Waals surface area contributed by atoms with Gasteiger partial charge in [-0.2, -0.15) is 0 Å². The van der Waals surface area contributed by atoms with Gasteiger partial charge in [0.15, 0.2) is 56.6 Å². The maximum absolute atomic E-state index is 13.8. The fourth-order valence-corrected chi connectivity index (χ4v) is 16.6. The number of amides is 4. The van der Waals surface area contributed by atoms with Crippen molar-refractivity contribution in [2.24, 2.45) is 0 Å². The number of ether oxygens (including phenoxy) is 19. The summed E-state index contributed by atoms with van der Waals surface area (Å²) in [5.74, 6) is -9.58. The molecule has 0 aromatic carbocycles. The molecule has 51 atom stereocenters. The molecule has 10 aliphatic rings. The number of carboxylic acids is 1. The van der Waals surface area contributed by atoms with Crippen molar-refractivity contribution in [2.75, 3.05) is 59.5 Å². The predicted molar refractivity (Wildman–Crippen MR) is 392 cm³/mol. The zero-order valence-electron chi connectivity index (χ0n) is 68.7. The highest BCUT2D eigenvalue weighted by Crippen LogP contribution is 2.43. The van der Waals surface area contributed by atoms with E-state index in [2.05, 4.69) is 21.3 Å². The number of carboxylic acid groups (broad SMARTS) is 1. The van der Waals surface area contributed by atoms with Crippen LogP contribution in [0.15, 0.2) is 0 Å². The Balaban J connectivity index is 0.962. The highest BCUT2D eigenvalue weighted by molar-refractivity contribution is 5.77. The molecule has 0 unspecified atom stereocenters. The minimum atomic E-state index is -3.41. The average molecular weight is 1880 g/mol. The molecule has 128 heavy (non-hydrogen) atoms. The van der Waals surface area contributed by atoms with Gasteiger partial charge in [0.05, 0.1) is 77.7 Å². The zero-order chi connectivity index (χ0) is 94.6. The number of aliphatic hydroxyl groups excluding tert-OH is 28. The van der Waals surface area contributed by atoms with Crippen molar-refractivity contribution in [3.63, 3.8) is 0 Å². The summed E-state index contributed by atoms with van der Waals surface area (Å²) >= 11 is 0. The summed E-state index contributed by atoms with van der Waals surface area (Å²) in [6.45, 7) is -5.85. The summed E-state index contributed by atoms with van der Waals surface area (Å²) in [7, 11) is 0. The molecule has 0 aromatic heterocycles. The second-order valence-electron chi connectivity index (χ2n) is 32.4. The second-order valence-corrected chi connectivity index (χ2v) is 32.4. The average Bonchev–Trinajstić information content (AvgIpc) is 0.744. The molecule has 33 N–H and O–H groups in total. The van der Waals surface area contributed by atoms with Crippen molar-refractivity contribution >= 4 is 29.6 Å². The summed E-state index contributed by atoms with van der Waals surface area (Å²) in [6, 6.07) is -7.89. The van der Waals surface area contributed by atoms with Crippen molar-refractivity contribution in [3.8, 4) is 0 Å². The largest absolute Gasteiger partial charge is 0.477 e. The Morgan fingerprint density at radius 2 is 0.688 bits per heavy atom. The molecule has 0 spiro atoms. The molecule has 10 heterocycles. The van der Waals surface area contributed by atoms with Gasteiger partial charge in [-0.15, -0.1) is 0 Å². The van der Waals surface area contributed by atoms with E-state index in [-0.39, 0.29) is 0 Å². The van der Waals surface area contributed by atoms with Crippen LogP contribution < -0.4 is 21.3 Å². The maximum atomic E-state index is 13.8. The number of carbonyl (C=O) groups excluding carboxylic acids is 4. The Bertz CT molecular complexity index is 3530. The molecule has 57 heteroatoms. The third kappa shape index (κ3) is 22.9. The fourth-order valence-electron chi connectivity index (χ4n) is 16.6. The van der Waals surface area contributed by atoms with Crippen molar-refractivity contribution in [1.29, 1.82) is 0 Å². The maximum Gasteiger partial charge on any atom is 0.364 e. The molecule has 10 fully saturated rings. The van der Waals surface area contributed by atoms with Gasteiger partial charge in [0.1, 0.15) is 232 Å². The molecule has 0 saturated carbocycles. The molecule has 10 aliphatic heterocycles. The van der Waals surface area contributed by atoms with E-state index in [1.54, 1.807) is 0 Å². The van der Waals surface area contributed by atoms with Crippen molar-refractivity contribution in [2.45, 2.75) is 353 Å². The first-order valence-electron chi connectivity index (χ1n) is 40.6. The molecule has 10 rings (SSSR count). The van der Waals surface area contributed by atoms with Crippen LogP contribution in [-0.4, -0.2) is 550 Å². The number of aliphatic hydroxyl groups is 28. The Labute approximate surface area is 723 Å². The molecule has 0 bridgehead atoms. The highest BCUT2D eigenvalue weighted by atomic mass is 16.8. The van der Waals surface area contributed by atoms with Gasteiger partial charge in [-0.05, 0) is 6.92 Å². The Morgan fingerprint density at radius 3 is 1.18 bits per heavy atom. The third-order valence-corrected chi connectivity index (χ3v) is 23.4. The van der Waals surface area contributed by atoms with Crippen LogP contribution in [0.1, 0.15) is 41.0 Å². The van der Waals surface area contributed by atoms with Crippen LogP contribution in [0.2, 0.25) is 0 Å². The lowest BCUT2D eigenvalue weighted by Crippen LogP contribution is -2.72. The predicted octanol–water partition coefficient (Wildman–Crippen LogP) is -22.0. The van der Waals surface area contributed by atoms with Gasteiger partial charge < -0.3 is 259 Å². The lowest BCUT2D eigenvalue weighted by Gasteiger charge is -2.52. The topological polar surface area (TPSA) is 896 Å². The van der Waals surface area contributed by atoms with E-state index in [1.807, 2.05) is 0 Å². The number of aliphatic carboxylic acids is 1. The van der Waals surface area contributed by atoms with Gasteiger partial charge in [0.2, 0.25) is 23.6 Å². The molecule has 4 amide bonds. The number of rotatable bonds is 34. The second kappa shape index (κ2) is 45.4. The molecule has 10 saturated heterocycles. The number of hydrogen-bond acceptors (Lipinski definition) is 52. The van der Waals surface area contributed by atoms with Gasteiger partial charge in [-0.3, -0.25) is 19.2 Å². The molecule has 57 nitrogen and oxygen atoms in total. The standard InChI is InChI=1S/C71H118N4O53/c1-16-35(90)43(98)47(102)65(111-16)122-54-29(14-83)118-64(34(75-20(5)87)57(54)124-69-51(106)60(40(95)26(11-80)116-69)128-71(70(108)109)6-21(88)31(72-17(2)84)56(127-71)36(91)22(89)7-76)126-59-41(96)30(119-68(50(59)105)121-53-27(12-81)112-61(107)46(101)45(53)100)15-110-62-32(73-18(3)85)42(97)52(28(13-82)117-62)120-67-49(104)58(39(94)25(10-79)115-67)125-63-33(74-19(4)86)55(38(93)24(9-78)113-63)123-66-48(103)44(99)37(92)23(8-77)114-66/h16,21-69,76-83,88-107H,6-15H2,1-5H3,(H,72,84)(H,73,85)(H,74,86)(H,75,87)(H,108,109)/t16-,21-,22+,23+,24+,25+,26+,27+,28+,29+,30+,31+,32+,33+,34+,35+,36+,37-,38+,39-,40-,41-,42+,43+,44-,45+,46+,47-,48+,49+,50+,51+,52+,53+,54+,55+,56+,57+,58-,59-,60-,61+,62+,63-,64-,65-,66-,67-,68-,69-,71-/m0/s1. The zero-order valence-corrected chi connectivity index (χ0v) is 68.7. The Morgan fingerprint density at radius 1 is 0.336 bits per heavy atom. The fraction of sp³-hybridized carbons (Fsp3) is 0.930. The van der Waals surface area contributed by atoms with Crippen LogP contribution in [0.4, 0.5) is 0 Å². The van der Waals surface area contributed by atoms with E-state index in [0.29, 0.717) is 0 Å². The van der Waals surface area contributed by atoms with Gasteiger partial charge in [-0.1, -0.05) is 0 Å². The third-order valence-electron chi connectivity index (χ3n) is 23.4. The van der Waals surface area contributed by atoms with Crippen molar-refractivity contribution < 1.29 is 262 Å². The van der Waals surface area contributed by atoms with E-state index in [4.69, 9.17) is 90.0 Å². The lowest BCUT2D eigenvalue weighted by molar-refractivity contribution is -0.400. The summed E-state index contributed by atoms with van der Waals surface area (Å²) in [5, 5.41) is 333. The van der Waals surface area contributed by atoms with Gasteiger partial charge >= 0.3 is 5.97 Å². The molecule has 0 aliphatic carbocycles. The molecular weight excluding hydrogens is 1760 g/mol. The van der Waals surface area contributed by atoms with Crippen molar-refractivity contribution in [3.05, 3.63) is 0 Å². The van der Waals surface area contributed by atoms with Crippen LogP contribution in [0.3, 0.4) is 0 Å². The summed E-state index contributed by atoms with van der Waals surface area (Å²) in [5.41, 5.74) is 0. The number of hydrogen-bond donors (Lipinski definition) is 33. The Kier molecular flexibility index (Phi) is 37.4. The van der Waals surface area contributed by atoms with Crippen LogP contribution in [0, 0.1) is 0 Å². The number of carbonyl (C=O) groups is 5. The minimum Gasteiger partial charge on any atom is -0.477 e. The van der Waals surface area contributed by atoms with E-state index in [0.717, 1.165) is 27.7 Å². The van der Waals surface area contributed by atoms with Crippen LogP contribution >= 0.6 is 0 Å². The quantitative estimate of drug-likeness (QED) is 0.0284. The summed E-state index contributed by atoms with van der Waals surface area (Å²) in [6.07, 6.45) is -101. The normalized spacial score (nSPS) is 48.4. The SMILES string of the molecule is CC(=O)N[C@H]1[C@H](OC[C@H]2O[C@@H](O[C@H]3[C@H](O)[C@@H](O)[C@H](O)O[C@@H]3CO)[C@H](O)[C@@H](O[C@@H]3O[C@H](CO)[C@@H](O[C@@H]4O[C@@H](C)[C@@H](O)[C@@H](O)[C@@H]4O)[C@H](O[C@@H]4O[C@H](CO)[C@H](O)[C@H](O[C@]5(C(=O)O)C[C@H](O)[C@@H](NC(C)=O)[C@H]([C@H](O)[C@H](O)CO)O5)[C@H]4O)[C@H]3NC(C)=O)[C@H]2O)O[C@H](CO)[C@@H](O[C@@H]2O[C@H](CO)[C@H](O)[C@H](O[C@@H]3O[C@H](CO)[C@@H](O)[C@H](O[C@@H]4O[C@H](CO)[C@H](O)[C@H](O)[C@H]4O)[C@H]3NC(C)=O)[C@H]2O)[C@@H]1O. The first-order valence-corrected chi connectivity index (χ1v) is 40.6. The minimum absolute atomic E-state index is 0.838. The molecular formula is C71H118N4O53. The number of nitrogens with one attached hydrogen (secondary N) is 4. The molecule has 740 valence electrons. The van der Waals surface area contributed by atoms with E-state index in [9.17, 15) is 172 Å². The van der Waals surface area contributed by atoms with Crippen LogP contribution in [0.5, 0.6) is 0 Å². The van der Waals surface area contributed by atoms with Gasteiger partial charge in [-0.25, -0.2) is 4.79 Å². The first kappa shape index (κ1) is 106. The summed E-state index contributed by atoms with van der Waals surface area (Å²) in [4.78, 5) is 65.8. The van der Waals surface area contributed by atoms with Gasteiger partial charge in [0, 0.05) is 34.1 Å². The van der Waals surface area contributed by atoms with Gasteiger partial charge in [0.25, 0.3) is 5.79 Å². The smallest absolute Gasteiger partial charge is 0.364 e. The van der Waals surface area contributed by atoms with E-state index >= 15 is 0 Å². The summed E-state index contributed by atoms with van der Waals surface area (Å²) < 4.78 is 113. The monoisotopic (exact) mass is 1870 g/mol. The van der Waals surface area contributed by atoms with Crippen molar-refractivity contribution in [1.82, 2.24) is 21.3 Å². The van der Waals surface area contributed by atoms with Crippen LogP contribution in [-0.2, 0) is 114 Å². The Hall–Kier alpha value is -4.53. The highest BCUT2D eigenvalue weighted by Gasteiger charge is 2.64. The van der Waals surface area contributed by atoms with E-state index < -0.39 is 408 Å². The lowest BCUT2D eigenvalue weighted by atomic mass is 9.88. The molecule has 0 radical (unpaired) electrons. The first-order chi connectivity index (χ1) is 60.4. The van der Waals surface area contributed by atoms with E-state index in [1.165, 1.54) is 6.92 Å². The molecule has 0 aromatic rings. The van der Waals surface area contributed by atoms with Crippen LogP contribution in [0.25, 0.3) is 0 Å².